The Hall–Kier alpha value is -3.06. The van der Waals surface area contributed by atoms with Gasteiger partial charge in [-0.15, -0.1) is 0 Å². The second kappa shape index (κ2) is 12.3. The fourth-order valence-corrected chi connectivity index (χ4v) is 3.71. The van der Waals surface area contributed by atoms with E-state index in [1.807, 2.05) is 45.2 Å². The summed E-state index contributed by atoms with van der Waals surface area (Å²) >= 11 is 0. The van der Waals surface area contributed by atoms with E-state index in [2.05, 4.69) is 4.90 Å². The summed E-state index contributed by atoms with van der Waals surface area (Å²) in [6.07, 6.45) is 4.33. The standard InChI is InChI=1S/C26H35NO6/c1-4-26(32,5-2)15-6-7-16-27(3)21-9-8-10-22(17-21)33-18-19-11-13-20(14-12-19)23(24(28)29)25(30)31/h8-14,17,23,32H,4-7,15-16,18H2,1-3H3,(H,28,29)(H,30,31). The molecule has 2 aromatic carbocycles. The predicted octanol–water partition coefficient (Wildman–Crippen LogP) is 4.68. The van der Waals surface area contributed by atoms with Crippen molar-refractivity contribution in [3.8, 4) is 5.75 Å². The average Bonchev–Trinajstić information content (AvgIpc) is 2.81. The Bertz CT molecular complexity index is 893. The van der Waals surface area contributed by atoms with Gasteiger partial charge in [-0.2, -0.15) is 0 Å². The summed E-state index contributed by atoms with van der Waals surface area (Å²) in [4.78, 5) is 24.5. The fourth-order valence-electron chi connectivity index (χ4n) is 3.71. The molecule has 0 fully saturated rings. The third-order valence-corrected chi connectivity index (χ3v) is 6.17. The van der Waals surface area contributed by atoms with Crippen LogP contribution < -0.4 is 9.64 Å². The lowest BCUT2D eigenvalue weighted by Crippen LogP contribution is -2.27. The van der Waals surface area contributed by atoms with Gasteiger partial charge in [0.25, 0.3) is 0 Å². The van der Waals surface area contributed by atoms with Crippen molar-refractivity contribution in [1.82, 2.24) is 0 Å². The number of carboxylic acid groups (broad SMARTS) is 2. The molecule has 0 heterocycles. The zero-order valence-corrected chi connectivity index (χ0v) is 19.7. The number of benzene rings is 2. The van der Waals surface area contributed by atoms with E-state index in [1.54, 1.807) is 12.1 Å². The SMILES string of the molecule is CCC(O)(CC)CCCCN(C)c1cccc(OCc2ccc(C(C(=O)O)C(=O)O)cc2)c1. The van der Waals surface area contributed by atoms with Crippen molar-refractivity contribution in [2.45, 2.75) is 64.1 Å². The first-order chi connectivity index (χ1) is 15.7. The van der Waals surface area contributed by atoms with Gasteiger partial charge in [0.2, 0.25) is 0 Å². The topological polar surface area (TPSA) is 107 Å². The Morgan fingerprint density at radius 3 is 2.21 bits per heavy atom. The number of rotatable bonds is 14. The summed E-state index contributed by atoms with van der Waals surface area (Å²) < 4.78 is 5.89. The molecule has 0 aliphatic rings. The van der Waals surface area contributed by atoms with E-state index in [0.717, 1.165) is 49.9 Å². The first kappa shape index (κ1) is 26.2. The minimum atomic E-state index is -1.58. The molecule has 0 aliphatic carbocycles. The number of hydrogen-bond donors (Lipinski definition) is 3. The molecule has 3 N–H and O–H groups in total. The zero-order chi connectivity index (χ0) is 24.4. The Kier molecular flexibility index (Phi) is 9.73. The maximum Gasteiger partial charge on any atom is 0.322 e. The van der Waals surface area contributed by atoms with Crippen LogP contribution in [0.15, 0.2) is 48.5 Å². The van der Waals surface area contributed by atoms with Gasteiger partial charge in [-0.3, -0.25) is 9.59 Å². The molecular weight excluding hydrogens is 422 g/mol. The Labute approximate surface area is 195 Å². The van der Waals surface area contributed by atoms with Crippen LogP contribution in [0.25, 0.3) is 0 Å². The lowest BCUT2D eigenvalue weighted by atomic mass is 9.91. The second-order valence-electron chi connectivity index (χ2n) is 8.45. The molecule has 0 unspecified atom stereocenters. The monoisotopic (exact) mass is 457 g/mol. The van der Waals surface area contributed by atoms with Crippen LogP contribution in [-0.2, 0) is 16.2 Å². The van der Waals surface area contributed by atoms with Crippen molar-refractivity contribution in [2.24, 2.45) is 0 Å². The summed E-state index contributed by atoms with van der Waals surface area (Å²) in [5.74, 6) is -3.65. The van der Waals surface area contributed by atoms with Gasteiger partial charge in [0.15, 0.2) is 5.92 Å². The van der Waals surface area contributed by atoms with Crippen LogP contribution in [0, 0.1) is 0 Å². The maximum absolute atomic E-state index is 11.2. The quantitative estimate of drug-likeness (QED) is 0.279. The lowest BCUT2D eigenvalue weighted by Gasteiger charge is -2.26. The van der Waals surface area contributed by atoms with Gasteiger partial charge in [0, 0.05) is 25.3 Å². The maximum atomic E-state index is 11.2. The molecule has 0 radical (unpaired) electrons. The summed E-state index contributed by atoms with van der Waals surface area (Å²) in [5, 5.41) is 28.6. The first-order valence-electron chi connectivity index (χ1n) is 11.4. The van der Waals surface area contributed by atoms with Gasteiger partial charge in [0.05, 0.1) is 5.60 Å². The highest BCUT2D eigenvalue weighted by atomic mass is 16.5. The number of carboxylic acids is 2. The highest BCUT2D eigenvalue weighted by molar-refractivity contribution is 5.98. The number of hydrogen-bond acceptors (Lipinski definition) is 5. The molecule has 7 heteroatoms. The highest BCUT2D eigenvalue weighted by Crippen LogP contribution is 2.24. The third kappa shape index (κ3) is 7.79. The van der Waals surface area contributed by atoms with Crippen molar-refractivity contribution in [1.29, 1.82) is 0 Å². The van der Waals surface area contributed by atoms with E-state index < -0.39 is 23.5 Å². The van der Waals surface area contributed by atoms with Crippen LogP contribution >= 0.6 is 0 Å². The van der Waals surface area contributed by atoms with E-state index in [-0.39, 0.29) is 12.2 Å². The number of carbonyl (C=O) groups is 2. The van der Waals surface area contributed by atoms with Gasteiger partial charge in [-0.05, 0) is 55.4 Å². The van der Waals surface area contributed by atoms with Crippen LogP contribution in [0.2, 0.25) is 0 Å². The molecule has 180 valence electrons. The van der Waals surface area contributed by atoms with E-state index >= 15 is 0 Å². The van der Waals surface area contributed by atoms with Gasteiger partial charge >= 0.3 is 11.9 Å². The van der Waals surface area contributed by atoms with Gasteiger partial charge in [-0.1, -0.05) is 44.2 Å². The molecule has 0 aromatic heterocycles. The van der Waals surface area contributed by atoms with Crippen LogP contribution in [0.5, 0.6) is 5.75 Å². The van der Waals surface area contributed by atoms with Crippen LogP contribution in [0.4, 0.5) is 5.69 Å². The molecule has 0 atom stereocenters. The van der Waals surface area contributed by atoms with Crippen molar-refractivity contribution in [2.75, 3.05) is 18.5 Å². The van der Waals surface area contributed by atoms with Crippen LogP contribution in [0.3, 0.4) is 0 Å². The second-order valence-corrected chi connectivity index (χ2v) is 8.45. The molecule has 0 saturated heterocycles. The number of anilines is 1. The minimum Gasteiger partial charge on any atom is -0.489 e. The molecule has 33 heavy (non-hydrogen) atoms. The number of nitrogens with zero attached hydrogens (tertiary/aromatic N) is 1. The van der Waals surface area contributed by atoms with E-state index in [9.17, 15) is 14.7 Å². The molecule has 0 amide bonds. The molecular formula is C26H35NO6. The molecule has 2 rings (SSSR count). The zero-order valence-electron chi connectivity index (χ0n) is 19.7. The number of ether oxygens (including phenoxy) is 1. The van der Waals surface area contributed by atoms with E-state index in [0.29, 0.717) is 5.75 Å². The number of unbranched alkanes of at least 4 members (excludes halogenated alkanes) is 1. The van der Waals surface area contributed by atoms with Crippen LogP contribution in [-0.4, -0.2) is 46.5 Å². The van der Waals surface area contributed by atoms with Crippen molar-refractivity contribution < 1.29 is 29.6 Å². The molecule has 0 bridgehead atoms. The summed E-state index contributed by atoms with van der Waals surface area (Å²) in [7, 11) is 2.03. The molecule has 2 aromatic rings. The number of aliphatic carboxylic acids is 2. The van der Waals surface area contributed by atoms with Gasteiger partial charge in [-0.25, -0.2) is 0 Å². The first-order valence-corrected chi connectivity index (χ1v) is 11.4. The van der Waals surface area contributed by atoms with E-state index in [4.69, 9.17) is 14.9 Å². The predicted molar refractivity (Wildman–Crippen MR) is 128 cm³/mol. The lowest BCUT2D eigenvalue weighted by molar-refractivity contribution is -0.150. The van der Waals surface area contributed by atoms with Crippen molar-refractivity contribution in [3.05, 3.63) is 59.7 Å². The molecule has 0 spiro atoms. The Morgan fingerprint density at radius 2 is 1.64 bits per heavy atom. The molecule has 0 aliphatic heterocycles. The number of aliphatic hydroxyl groups is 1. The average molecular weight is 458 g/mol. The normalized spacial score (nSPS) is 11.4. The third-order valence-electron chi connectivity index (χ3n) is 6.17. The van der Waals surface area contributed by atoms with Crippen LogP contribution in [0.1, 0.15) is 63.0 Å². The largest absolute Gasteiger partial charge is 0.489 e. The fraction of sp³-hybridized carbons (Fsp3) is 0.462. The summed E-state index contributed by atoms with van der Waals surface area (Å²) in [5.41, 5.74) is 1.52. The Morgan fingerprint density at radius 1 is 1.00 bits per heavy atom. The van der Waals surface area contributed by atoms with E-state index in [1.165, 1.54) is 12.1 Å². The molecule has 7 nitrogen and oxygen atoms in total. The van der Waals surface area contributed by atoms with Gasteiger partial charge in [0.1, 0.15) is 12.4 Å². The highest BCUT2D eigenvalue weighted by Gasteiger charge is 2.27. The minimum absolute atomic E-state index is 0.221. The van der Waals surface area contributed by atoms with Crippen molar-refractivity contribution >= 4 is 17.6 Å². The van der Waals surface area contributed by atoms with Gasteiger partial charge < -0.3 is 25.0 Å². The van der Waals surface area contributed by atoms with Crippen molar-refractivity contribution in [3.63, 3.8) is 0 Å². The molecule has 0 saturated carbocycles. The summed E-state index contributed by atoms with van der Waals surface area (Å²) in [6.45, 7) is 5.21. The smallest absolute Gasteiger partial charge is 0.322 e. The summed E-state index contributed by atoms with van der Waals surface area (Å²) in [6, 6.07) is 14.2. The Balaban J connectivity index is 1.89.